The number of benzene rings is 1. The Morgan fingerprint density at radius 1 is 1.31 bits per heavy atom. The fourth-order valence-corrected chi connectivity index (χ4v) is 4.80. The van der Waals surface area contributed by atoms with E-state index in [0.717, 1.165) is 36.8 Å². The number of rotatable bonds is 6. The summed E-state index contributed by atoms with van der Waals surface area (Å²) in [4.78, 5) is 18.2. The Kier molecular flexibility index (Phi) is 5.90. The molecule has 1 unspecified atom stereocenters. The first-order chi connectivity index (χ1) is 15.2. The van der Waals surface area contributed by atoms with Crippen LogP contribution < -0.4 is 15.5 Å². The highest BCUT2D eigenvalue weighted by Crippen LogP contribution is 2.58. The van der Waals surface area contributed by atoms with Crippen LogP contribution >= 0.6 is 0 Å². The monoisotopic (exact) mass is 434 g/mol. The van der Waals surface area contributed by atoms with Crippen LogP contribution in [0.15, 0.2) is 35.3 Å². The van der Waals surface area contributed by atoms with Crippen LogP contribution in [0.4, 0.5) is 17.2 Å². The van der Waals surface area contributed by atoms with Crippen LogP contribution in [0.25, 0.3) is 0 Å². The van der Waals surface area contributed by atoms with Gasteiger partial charge >= 0.3 is 0 Å². The zero-order valence-corrected chi connectivity index (χ0v) is 19.9. The number of nitrogens with one attached hydrogen (secondary N) is 3. The minimum absolute atomic E-state index is 0.161. The summed E-state index contributed by atoms with van der Waals surface area (Å²) in [5.74, 6) is 3.21. The van der Waals surface area contributed by atoms with Crippen molar-refractivity contribution in [3.05, 3.63) is 41.9 Å². The molecule has 0 saturated heterocycles. The second-order valence-corrected chi connectivity index (χ2v) is 9.33. The van der Waals surface area contributed by atoms with Crippen LogP contribution in [0.1, 0.15) is 44.6 Å². The lowest BCUT2D eigenvalue weighted by molar-refractivity contribution is 0.369. The third kappa shape index (κ3) is 4.46. The molecule has 0 bridgehead atoms. The molecule has 2 aromatic rings. The Morgan fingerprint density at radius 3 is 2.78 bits per heavy atom. The molecule has 8 heteroatoms. The molecule has 1 aromatic carbocycles. The van der Waals surface area contributed by atoms with Crippen LogP contribution in [0.3, 0.4) is 0 Å². The standard InChI is InChI=1S/C24H34N8/c1-15(25)26-16(2)28-23-14-21(27-17(3)29-23)18-13-19(18)24(4)30-20-9-7-8-10-22(20)32(24)12-11-31(5)6/h7-10,14,18-19,30H,11-13H2,1-6H3,(H2,25,26,27,28,29)/t18-,19-,24?/m1/s1. The van der Waals surface area contributed by atoms with Crippen LogP contribution in [0.5, 0.6) is 0 Å². The minimum Gasteiger partial charge on any atom is -0.361 e. The molecule has 170 valence electrons. The molecular formula is C24H34N8. The first-order valence-corrected chi connectivity index (χ1v) is 11.2. The molecular weight excluding hydrogens is 400 g/mol. The molecule has 1 fully saturated rings. The Hall–Kier alpha value is -3.00. The Bertz CT molecular complexity index is 1050. The number of aliphatic imine (C=N–C) groups is 1. The maximum atomic E-state index is 7.56. The smallest absolute Gasteiger partial charge is 0.135 e. The third-order valence-electron chi connectivity index (χ3n) is 6.31. The van der Waals surface area contributed by atoms with Crippen LogP contribution in [0.2, 0.25) is 0 Å². The van der Waals surface area contributed by atoms with E-state index in [1.807, 2.05) is 19.9 Å². The maximum Gasteiger partial charge on any atom is 0.135 e. The number of aryl methyl sites for hydroxylation is 1. The quantitative estimate of drug-likeness (QED) is 0.471. The van der Waals surface area contributed by atoms with E-state index in [9.17, 15) is 0 Å². The van der Waals surface area contributed by atoms with Gasteiger partial charge in [-0.3, -0.25) is 5.41 Å². The number of likely N-dealkylation sites (N-methyl/N-ethyl adjacent to an activating group) is 1. The molecule has 1 aliphatic carbocycles. The van der Waals surface area contributed by atoms with E-state index >= 15 is 0 Å². The number of anilines is 3. The SMILES string of the molecule is CC(=N)/N=C(/C)Nc1cc([C@@H]2C[C@H]2C2(C)Nc3ccccc3N2CCN(C)C)nc(C)n1. The molecule has 0 spiro atoms. The average Bonchev–Trinajstić information content (AvgIpc) is 3.44. The van der Waals surface area contributed by atoms with Crippen molar-refractivity contribution in [2.24, 2.45) is 10.9 Å². The highest BCUT2D eigenvalue weighted by atomic mass is 15.4. The van der Waals surface area contributed by atoms with E-state index in [0.29, 0.717) is 17.7 Å². The summed E-state index contributed by atoms with van der Waals surface area (Å²) in [6.07, 6.45) is 1.08. The Balaban J connectivity index is 1.57. The van der Waals surface area contributed by atoms with E-state index in [-0.39, 0.29) is 11.5 Å². The largest absolute Gasteiger partial charge is 0.361 e. The molecule has 32 heavy (non-hydrogen) atoms. The molecule has 2 aliphatic rings. The number of aromatic nitrogens is 2. The molecule has 1 saturated carbocycles. The van der Waals surface area contributed by atoms with Crippen molar-refractivity contribution in [2.45, 2.75) is 45.7 Å². The van der Waals surface area contributed by atoms with Gasteiger partial charge in [0.2, 0.25) is 0 Å². The van der Waals surface area contributed by atoms with Crippen molar-refractivity contribution in [2.75, 3.05) is 42.7 Å². The fraction of sp³-hybridized carbons (Fsp3) is 0.500. The summed E-state index contributed by atoms with van der Waals surface area (Å²) in [5, 5.41) is 14.6. The summed E-state index contributed by atoms with van der Waals surface area (Å²) < 4.78 is 0. The highest BCUT2D eigenvalue weighted by molar-refractivity contribution is 6.00. The molecule has 1 aliphatic heterocycles. The fourth-order valence-electron chi connectivity index (χ4n) is 4.80. The van der Waals surface area contributed by atoms with Crippen LogP contribution in [0, 0.1) is 18.3 Å². The lowest BCUT2D eigenvalue weighted by atomic mass is 10.0. The number of hydrogen-bond donors (Lipinski definition) is 3. The van der Waals surface area contributed by atoms with Crippen LogP contribution in [-0.4, -0.2) is 59.4 Å². The average molecular weight is 435 g/mol. The van der Waals surface area contributed by atoms with Gasteiger partial charge in [-0.05, 0) is 60.3 Å². The minimum atomic E-state index is -0.161. The number of hydrogen-bond acceptors (Lipinski definition) is 6. The van der Waals surface area contributed by atoms with E-state index in [1.165, 1.54) is 11.4 Å². The number of amidine groups is 2. The molecule has 1 aromatic heterocycles. The predicted octanol–water partition coefficient (Wildman–Crippen LogP) is 3.93. The summed E-state index contributed by atoms with van der Waals surface area (Å²) in [7, 11) is 4.24. The molecule has 8 nitrogen and oxygen atoms in total. The van der Waals surface area contributed by atoms with E-state index in [1.54, 1.807) is 6.92 Å². The van der Waals surface area contributed by atoms with Crippen molar-refractivity contribution in [1.29, 1.82) is 5.41 Å². The summed E-state index contributed by atoms with van der Waals surface area (Å²) >= 11 is 0. The highest BCUT2D eigenvalue weighted by Gasteiger charge is 2.57. The first-order valence-electron chi connectivity index (χ1n) is 11.2. The lowest BCUT2D eigenvalue weighted by Crippen LogP contribution is -2.52. The van der Waals surface area contributed by atoms with Crippen molar-refractivity contribution < 1.29 is 0 Å². The summed E-state index contributed by atoms with van der Waals surface area (Å²) in [5.41, 5.74) is 3.38. The Morgan fingerprint density at radius 2 is 2.06 bits per heavy atom. The first kappa shape index (κ1) is 22.2. The van der Waals surface area contributed by atoms with Gasteiger partial charge in [-0.25, -0.2) is 15.0 Å². The van der Waals surface area contributed by atoms with E-state index < -0.39 is 0 Å². The van der Waals surface area contributed by atoms with Gasteiger partial charge in [0.15, 0.2) is 0 Å². The zero-order valence-electron chi connectivity index (χ0n) is 19.9. The van der Waals surface area contributed by atoms with Crippen LogP contribution in [-0.2, 0) is 0 Å². The Labute approximate surface area is 190 Å². The third-order valence-corrected chi connectivity index (χ3v) is 6.31. The van der Waals surface area contributed by atoms with Gasteiger partial charge in [-0.15, -0.1) is 0 Å². The van der Waals surface area contributed by atoms with Gasteiger partial charge in [0, 0.05) is 36.7 Å². The number of nitrogens with zero attached hydrogens (tertiary/aromatic N) is 5. The summed E-state index contributed by atoms with van der Waals surface area (Å²) in [6.45, 7) is 9.71. The maximum absolute atomic E-state index is 7.56. The topological polar surface area (TPSA) is 92.5 Å². The van der Waals surface area contributed by atoms with Gasteiger partial charge in [-0.1, -0.05) is 12.1 Å². The van der Waals surface area contributed by atoms with Crippen molar-refractivity contribution >= 4 is 28.9 Å². The lowest BCUT2D eigenvalue weighted by Gasteiger charge is -2.38. The molecule has 3 atom stereocenters. The van der Waals surface area contributed by atoms with Crippen molar-refractivity contribution in [3.8, 4) is 0 Å². The molecule has 2 heterocycles. The van der Waals surface area contributed by atoms with Gasteiger partial charge in [0.05, 0.1) is 11.4 Å². The van der Waals surface area contributed by atoms with E-state index in [2.05, 4.69) is 75.7 Å². The van der Waals surface area contributed by atoms with Gasteiger partial charge in [0.25, 0.3) is 0 Å². The molecule has 0 radical (unpaired) electrons. The summed E-state index contributed by atoms with van der Waals surface area (Å²) in [6, 6.07) is 10.6. The van der Waals surface area contributed by atoms with Gasteiger partial charge in [-0.2, -0.15) is 0 Å². The molecule has 4 rings (SSSR count). The van der Waals surface area contributed by atoms with Gasteiger partial charge < -0.3 is 20.4 Å². The molecule has 3 N–H and O–H groups in total. The predicted molar refractivity (Wildman–Crippen MR) is 132 cm³/mol. The zero-order chi connectivity index (χ0) is 23.0. The second-order valence-electron chi connectivity index (χ2n) is 9.33. The van der Waals surface area contributed by atoms with Crippen molar-refractivity contribution in [3.63, 3.8) is 0 Å². The normalized spacial score (nSPS) is 24.3. The second kappa shape index (κ2) is 8.50. The van der Waals surface area contributed by atoms with Gasteiger partial charge in [0.1, 0.15) is 29.0 Å². The van der Waals surface area contributed by atoms with Crippen molar-refractivity contribution in [1.82, 2.24) is 14.9 Å². The molecule has 0 amide bonds. The van der Waals surface area contributed by atoms with E-state index in [4.69, 9.17) is 10.4 Å². The number of fused-ring (bicyclic) bond motifs is 1. The number of para-hydroxylation sites is 2.